The van der Waals surface area contributed by atoms with Gasteiger partial charge < -0.3 is 13.4 Å². The van der Waals surface area contributed by atoms with Crippen molar-refractivity contribution in [1.82, 2.24) is 4.40 Å². The highest BCUT2D eigenvalue weighted by atomic mass is 31.2. The molecule has 6 heteroatoms. The van der Waals surface area contributed by atoms with Crippen molar-refractivity contribution in [1.29, 1.82) is 0 Å². The van der Waals surface area contributed by atoms with Crippen LogP contribution in [0.5, 0.6) is 0 Å². The number of aryl methyl sites for hydroxylation is 1. The highest BCUT2D eigenvalue weighted by molar-refractivity contribution is 7.53. The topological polar surface area (TPSA) is 57.0 Å². The Kier molecular flexibility index (Phi) is 6.50. The molecule has 0 bridgehead atoms. The van der Waals surface area contributed by atoms with Crippen LogP contribution in [-0.2, 0) is 26.2 Å². The van der Waals surface area contributed by atoms with Crippen molar-refractivity contribution in [2.24, 2.45) is 0 Å². The second kappa shape index (κ2) is 8.87. The van der Waals surface area contributed by atoms with E-state index in [0.717, 1.165) is 23.1 Å². The molecule has 0 atom stereocenters. The average molecular weight is 399 g/mol. The third kappa shape index (κ3) is 4.27. The maximum absolute atomic E-state index is 13.2. The number of carbonyl (C=O) groups excluding carboxylic acids is 1. The van der Waals surface area contributed by atoms with E-state index in [0.29, 0.717) is 24.5 Å². The summed E-state index contributed by atoms with van der Waals surface area (Å²) in [6.45, 7) is 6.29. The van der Waals surface area contributed by atoms with Gasteiger partial charge in [0.15, 0.2) is 0 Å². The second-order valence-corrected chi connectivity index (χ2v) is 8.55. The minimum absolute atomic E-state index is 0.0209. The van der Waals surface area contributed by atoms with Crippen molar-refractivity contribution in [3.8, 4) is 0 Å². The Hall–Kier alpha value is -2.20. The van der Waals surface area contributed by atoms with E-state index in [1.54, 1.807) is 26.0 Å². The van der Waals surface area contributed by atoms with Crippen LogP contribution in [0.1, 0.15) is 48.0 Å². The van der Waals surface area contributed by atoms with Gasteiger partial charge in [0.25, 0.3) is 0 Å². The standard InChI is InChI=1S/C22H26NO4P/c1-4-18-15-20-9-7-8-14-23(20)21(18)22(24)19-12-10-17(11-13-19)16-28(25,26-5-2)27-6-3/h7-15H,4-6,16H2,1-3H3. The molecular formula is C22H26NO4P. The fourth-order valence-corrected chi connectivity index (χ4v) is 5.05. The lowest BCUT2D eigenvalue weighted by atomic mass is 10.0. The van der Waals surface area contributed by atoms with Crippen LogP contribution in [0.15, 0.2) is 54.7 Å². The van der Waals surface area contributed by atoms with Crippen LogP contribution in [0.4, 0.5) is 0 Å². The highest BCUT2D eigenvalue weighted by Crippen LogP contribution is 2.51. The van der Waals surface area contributed by atoms with Crippen LogP contribution in [0.3, 0.4) is 0 Å². The molecule has 3 aromatic rings. The lowest BCUT2D eigenvalue weighted by molar-refractivity contribution is 0.103. The molecule has 0 aliphatic heterocycles. The van der Waals surface area contributed by atoms with E-state index in [2.05, 4.69) is 6.07 Å². The predicted octanol–water partition coefficient (Wildman–Crippen LogP) is 5.50. The molecule has 0 radical (unpaired) electrons. The fraction of sp³-hybridized carbons (Fsp3) is 0.318. The normalized spacial score (nSPS) is 11.8. The first kappa shape index (κ1) is 20.5. The summed E-state index contributed by atoms with van der Waals surface area (Å²) in [7, 11) is -3.16. The summed E-state index contributed by atoms with van der Waals surface area (Å²) in [5.41, 5.74) is 4.15. The van der Waals surface area contributed by atoms with Gasteiger partial charge in [-0.15, -0.1) is 0 Å². The summed E-state index contributed by atoms with van der Waals surface area (Å²) < 4.78 is 25.3. The van der Waals surface area contributed by atoms with Crippen molar-refractivity contribution in [2.45, 2.75) is 33.4 Å². The molecule has 0 spiro atoms. The summed E-state index contributed by atoms with van der Waals surface area (Å²) in [6, 6.07) is 15.1. The van der Waals surface area contributed by atoms with Crippen molar-refractivity contribution in [3.63, 3.8) is 0 Å². The molecule has 148 valence electrons. The number of hydrogen-bond acceptors (Lipinski definition) is 4. The molecule has 0 aliphatic carbocycles. The van der Waals surface area contributed by atoms with Gasteiger partial charge in [0.2, 0.25) is 5.78 Å². The van der Waals surface area contributed by atoms with Crippen LogP contribution >= 0.6 is 7.60 Å². The van der Waals surface area contributed by atoms with E-state index in [9.17, 15) is 9.36 Å². The molecule has 2 aromatic heterocycles. The molecule has 28 heavy (non-hydrogen) atoms. The number of nitrogens with zero attached hydrogens (tertiary/aromatic N) is 1. The van der Waals surface area contributed by atoms with Crippen molar-refractivity contribution in [3.05, 3.63) is 77.1 Å². The number of carbonyl (C=O) groups is 1. The van der Waals surface area contributed by atoms with Gasteiger partial charge in [-0.05, 0) is 49.6 Å². The van der Waals surface area contributed by atoms with Crippen molar-refractivity contribution >= 4 is 18.9 Å². The van der Waals surface area contributed by atoms with Crippen molar-refractivity contribution < 1.29 is 18.4 Å². The quantitative estimate of drug-likeness (QED) is 0.352. The highest BCUT2D eigenvalue weighted by Gasteiger charge is 2.24. The average Bonchev–Trinajstić information content (AvgIpc) is 3.07. The first-order valence-electron chi connectivity index (χ1n) is 9.62. The lowest BCUT2D eigenvalue weighted by Crippen LogP contribution is -2.08. The number of hydrogen-bond donors (Lipinski definition) is 0. The Morgan fingerprint density at radius 1 is 1.00 bits per heavy atom. The molecule has 2 heterocycles. The summed E-state index contributed by atoms with van der Waals surface area (Å²) in [6.07, 6.45) is 2.89. The molecule has 0 aliphatic rings. The molecule has 1 aromatic carbocycles. The van der Waals surface area contributed by atoms with Gasteiger partial charge in [0.1, 0.15) is 0 Å². The van der Waals surface area contributed by atoms with Gasteiger partial charge in [0, 0.05) is 17.3 Å². The van der Waals surface area contributed by atoms with Gasteiger partial charge >= 0.3 is 7.60 Å². The van der Waals surface area contributed by atoms with E-state index in [1.807, 2.05) is 47.9 Å². The number of benzene rings is 1. The van der Waals surface area contributed by atoms with Gasteiger partial charge in [-0.2, -0.15) is 0 Å². The molecule has 0 fully saturated rings. The maximum atomic E-state index is 13.2. The zero-order chi connectivity index (χ0) is 20.1. The molecule has 0 saturated carbocycles. The first-order chi connectivity index (χ1) is 13.5. The van der Waals surface area contributed by atoms with Gasteiger partial charge in [-0.25, -0.2) is 0 Å². The number of aromatic nitrogens is 1. The monoisotopic (exact) mass is 399 g/mol. The summed E-state index contributed by atoms with van der Waals surface area (Å²) in [5, 5.41) is 0. The Labute approximate surface area is 165 Å². The third-order valence-corrected chi connectivity index (χ3v) is 6.65. The predicted molar refractivity (Wildman–Crippen MR) is 111 cm³/mol. The molecule has 5 nitrogen and oxygen atoms in total. The Morgan fingerprint density at radius 3 is 2.29 bits per heavy atom. The minimum Gasteiger partial charge on any atom is -0.313 e. The van der Waals surface area contributed by atoms with Gasteiger partial charge in [-0.1, -0.05) is 37.3 Å². The maximum Gasteiger partial charge on any atom is 0.335 e. The zero-order valence-corrected chi connectivity index (χ0v) is 17.4. The Morgan fingerprint density at radius 2 is 1.68 bits per heavy atom. The van der Waals surface area contributed by atoms with Crippen LogP contribution in [0, 0.1) is 0 Å². The van der Waals surface area contributed by atoms with Crippen LogP contribution < -0.4 is 0 Å². The molecule has 0 N–H and O–H groups in total. The van der Waals surface area contributed by atoms with Crippen LogP contribution in [0.25, 0.3) is 5.52 Å². The summed E-state index contributed by atoms with van der Waals surface area (Å²) in [5.74, 6) is -0.0209. The van der Waals surface area contributed by atoms with Gasteiger partial charge in [-0.3, -0.25) is 9.36 Å². The number of pyridine rings is 1. The van der Waals surface area contributed by atoms with E-state index in [1.165, 1.54) is 0 Å². The number of rotatable bonds is 9. The third-order valence-electron chi connectivity index (χ3n) is 4.60. The van der Waals surface area contributed by atoms with Crippen LogP contribution in [0.2, 0.25) is 0 Å². The number of ketones is 1. The van der Waals surface area contributed by atoms with E-state index >= 15 is 0 Å². The SMILES string of the molecule is CCOP(=O)(Cc1ccc(C(=O)c2c(CC)cc3ccccn23)cc1)OCC. The molecular weight excluding hydrogens is 373 g/mol. The van der Waals surface area contributed by atoms with E-state index < -0.39 is 7.60 Å². The summed E-state index contributed by atoms with van der Waals surface area (Å²) in [4.78, 5) is 13.2. The van der Waals surface area contributed by atoms with Gasteiger partial charge in [0.05, 0.1) is 25.1 Å². The fourth-order valence-electron chi connectivity index (χ4n) is 3.35. The Bertz CT molecular complexity index is 997. The number of fused-ring (bicyclic) bond motifs is 1. The zero-order valence-electron chi connectivity index (χ0n) is 16.6. The Balaban J connectivity index is 1.88. The molecule has 0 unspecified atom stereocenters. The van der Waals surface area contributed by atoms with Crippen LogP contribution in [-0.4, -0.2) is 23.4 Å². The van der Waals surface area contributed by atoms with E-state index in [-0.39, 0.29) is 11.9 Å². The molecule has 3 rings (SSSR count). The summed E-state index contributed by atoms with van der Waals surface area (Å²) >= 11 is 0. The largest absolute Gasteiger partial charge is 0.335 e. The smallest absolute Gasteiger partial charge is 0.313 e. The first-order valence-corrected chi connectivity index (χ1v) is 11.3. The lowest BCUT2D eigenvalue weighted by Gasteiger charge is -2.17. The molecule has 0 amide bonds. The molecule has 0 saturated heterocycles. The second-order valence-electron chi connectivity index (χ2n) is 6.50. The van der Waals surface area contributed by atoms with Crippen molar-refractivity contribution in [2.75, 3.05) is 13.2 Å². The minimum atomic E-state index is -3.16. The van der Waals surface area contributed by atoms with E-state index in [4.69, 9.17) is 9.05 Å².